The molecule has 5 rings (SSSR count). The summed E-state index contributed by atoms with van der Waals surface area (Å²) in [6.07, 6.45) is 1.84. The zero-order valence-electron chi connectivity index (χ0n) is 16.7. The van der Waals surface area contributed by atoms with Crippen LogP contribution in [0, 0.1) is 19.7 Å². The Kier molecular flexibility index (Phi) is 4.46. The summed E-state index contributed by atoms with van der Waals surface area (Å²) in [5.74, 6) is -0.219. The number of halogens is 1. The lowest BCUT2D eigenvalue weighted by molar-refractivity contribution is 0.320. The van der Waals surface area contributed by atoms with Crippen LogP contribution in [0.1, 0.15) is 41.7 Å². The predicted molar refractivity (Wildman–Crippen MR) is 116 cm³/mol. The number of benzene rings is 1. The van der Waals surface area contributed by atoms with Crippen molar-refractivity contribution in [1.29, 1.82) is 0 Å². The summed E-state index contributed by atoms with van der Waals surface area (Å²) in [5.41, 5.74) is 5.54. The van der Waals surface area contributed by atoms with Crippen molar-refractivity contribution in [3.05, 3.63) is 83.2 Å². The fourth-order valence-corrected chi connectivity index (χ4v) is 5.62. The average molecular weight is 407 g/mol. The molecule has 0 N–H and O–H groups in total. The summed E-state index contributed by atoms with van der Waals surface area (Å²) in [5, 5.41) is 1.64. The molecular formula is C23H23FN4S. The second kappa shape index (κ2) is 7.02. The van der Waals surface area contributed by atoms with Crippen LogP contribution in [0.2, 0.25) is 0 Å². The van der Waals surface area contributed by atoms with Crippen LogP contribution < -0.4 is 0 Å². The number of hydrogen-bond donors (Lipinski definition) is 0. The maximum absolute atomic E-state index is 13.4. The molecule has 4 nitrogen and oxygen atoms in total. The van der Waals surface area contributed by atoms with Crippen molar-refractivity contribution < 1.29 is 4.39 Å². The van der Waals surface area contributed by atoms with Crippen LogP contribution in [0.15, 0.2) is 59.7 Å². The van der Waals surface area contributed by atoms with Gasteiger partial charge in [0.05, 0.1) is 11.7 Å². The maximum atomic E-state index is 13.4. The highest BCUT2D eigenvalue weighted by Gasteiger charge is 2.44. The molecule has 0 spiro atoms. The minimum atomic E-state index is -0.219. The molecule has 3 atom stereocenters. The highest BCUT2D eigenvalue weighted by atomic mass is 32.2. The van der Waals surface area contributed by atoms with E-state index in [1.165, 1.54) is 23.4 Å². The fourth-order valence-electron chi connectivity index (χ4n) is 4.53. The van der Waals surface area contributed by atoms with Crippen molar-refractivity contribution >= 4 is 16.9 Å². The van der Waals surface area contributed by atoms with Gasteiger partial charge in [0.15, 0.2) is 5.17 Å². The number of thioether (sulfide) groups is 1. The van der Waals surface area contributed by atoms with Crippen LogP contribution in [-0.4, -0.2) is 31.4 Å². The Hall–Kier alpha value is -2.60. The van der Waals surface area contributed by atoms with Gasteiger partial charge in [0.1, 0.15) is 11.9 Å². The van der Waals surface area contributed by atoms with Gasteiger partial charge in [-0.3, -0.25) is 9.98 Å². The number of pyridine rings is 1. The lowest BCUT2D eigenvalue weighted by atomic mass is 9.96. The Bertz CT molecular complexity index is 1070. The normalized spacial score (nSPS) is 23.4. The molecule has 0 aliphatic carbocycles. The SMILES string of the molecule is Cc1cc([C@@H]2[C@@H](c3ccccn3)N=C3S[C@H](C)CN32)c(C)n1-c1ccc(F)cc1. The van der Waals surface area contributed by atoms with Gasteiger partial charge in [0, 0.05) is 35.1 Å². The molecule has 1 fully saturated rings. The monoisotopic (exact) mass is 406 g/mol. The second-order valence-electron chi connectivity index (χ2n) is 7.78. The Labute approximate surface area is 174 Å². The summed E-state index contributed by atoms with van der Waals surface area (Å²) in [4.78, 5) is 12.1. The van der Waals surface area contributed by atoms with Gasteiger partial charge in [0.2, 0.25) is 0 Å². The van der Waals surface area contributed by atoms with Gasteiger partial charge in [0.25, 0.3) is 0 Å². The Morgan fingerprint density at radius 2 is 1.90 bits per heavy atom. The number of hydrogen-bond acceptors (Lipinski definition) is 4. The number of fused-ring (bicyclic) bond motifs is 1. The molecule has 0 saturated carbocycles. The standard InChI is InChI=1S/C23H23FN4S/c1-14-12-19(16(3)28(14)18-9-7-17(24)8-10-18)22-21(20-6-4-5-11-25-20)26-23-27(22)13-15(2)29-23/h4-12,15,21-22H,13H2,1-3H3/t15-,21-,22-/m1/s1. The summed E-state index contributed by atoms with van der Waals surface area (Å²) < 4.78 is 15.6. The van der Waals surface area contributed by atoms with E-state index in [9.17, 15) is 4.39 Å². The van der Waals surface area contributed by atoms with Crippen molar-refractivity contribution in [2.45, 2.75) is 38.1 Å². The smallest absolute Gasteiger partial charge is 0.160 e. The van der Waals surface area contributed by atoms with Gasteiger partial charge in [-0.05, 0) is 61.9 Å². The third kappa shape index (κ3) is 3.06. The molecule has 3 aromatic rings. The van der Waals surface area contributed by atoms with E-state index in [4.69, 9.17) is 4.99 Å². The molecule has 0 unspecified atom stereocenters. The van der Waals surface area contributed by atoms with Gasteiger partial charge in [-0.2, -0.15) is 0 Å². The third-order valence-corrected chi connectivity index (χ3v) is 6.86. The average Bonchev–Trinajstić information content (AvgIpc) is 3.33. The van der Waals surface area contributed by atoms with E-state index in [1.807, 2.05) is 42.2 Å². The molecule has 1 aromatic carbocycles. The number of aryl methyl sites for hydroxylation is 1. The molecule has 6 heteroatoms. The number of aliphatic imine (C=N–C) groups is 1. The van der Waals surface area contributed by atoms with Crippen LogP contribution in [-0.2, 0) is 0 Å². The second-order valence-corrected chi connectivity index (χ2v) is 9.18. The minimum Gasteiger partial charge on any atom is -0.341 e. The number of nitrogens with zero attached hydrogens (tertiary/aromatic N) is 4. The maximum Gasteiger partial charge on any atom is 0.160 e. The number of amidine groups is 1. The minimum absolute atomic E-state index is 0.0200. The van der Waals surface area contributed by atoms with Crippen molar-refractivity contribution in [3.63, 3.8) is 0 Å². The first-order chi connectivity index (χ1) is 14.0. The number of rotatable bonds is 3. The molecule has 4 heterocycles. The van der Waals surface area contributed by atoms with Gasteiger partial charge >= 0.3 is 0 Å². The fraction of sp³-hybridized carbons (Fsp3) is 0.304. The van der Waals surface area contributed by atoms with Crippen LogP contribution in [0.25, 0.3) is 5.69 Å². The lowest BCUT2D eigenvalue weighted by Crippen LogP contribution is -2.28. The summed E-state index contributed by atoms with van der Waals surface area (Å²) >= 11 is 1.85. The zero-order valence-corrected chi connectivity index (χ0v) is 17.5. The predicted octanol–water partition coefficient (Wildman–Crippen LogP) is 5.22. The van der Waals surface area contributed by atoms with E-state index in [1.54, 1.807) is 0 Å². The molecule has 29 heavy (non-hydrogen) atoms. The molecule has 2 aliphatic rings. The van der Waals surface area contributed by atoms with E-state index in [2.05, 4.69) is 47.4 Å². The van der Waals surface area contributed by atoms with E-state index in [0.29, 0.717) is 5.25 Å². The quantitative estimate of drug-likeness (QED) is 0.598. The summed E-state index contributed by atoms with van der Waals surface area (Å²) in [6.45, 7) is 7.48. The van der Waals surface area contributed by atoms with Gasteiger partial charge in [-0.1, -0.05) is 24.8 Å². The molecule has 2 aliphatic heterocycles. The summed E-state index contributed by atoms with van der Waals surface area (Å²) in [6, 6.07) is 15.1. The first kappa shape index (κ1) is 18.4. The third-order valence-electron chi connectivity index (χ3n) is 5.76. The van der Waals surface area contributed by atoms with Gasteiger partial charge < -0.3 is 9.47 Å². The van der Waals surface area contributed by atoms with E-state index in [-0.39, 0.29) is 17.9 Å². The van der Waals surface area contributed by atoms with E-state index >= 15 is 0 Å². The Morgan fingerprint density at radius 1 is 1.10 bits per heavy atom. The molecule has 2 aromatic heterocycles. The highest BCUT2D eigenvalue weighted by Crippen LogP contribution is 2.48. The van der Waals surface area contributed by atoms with Crippen molar-refractivity contribution in [3.8, 4) is 5.69 Å². The highest BCUT2D eigenvalue weighted by molar-refractivity contribution is 8.14. The van der Waals surface area contributed by atoms with E-state index in [0.717, 1.165) is 28.8 Å². The van der Waals surface area contributed by atoms with Gasteiger partial charge in [-0.15, -0.1) is 0 Å². The molecule has 0 amide bonds. The Morgan fingerprint density at radius 3 is 2.62 bits per heavy atom. The van der Waals surface area contributed by atoms with Crippen molar-refractivity contribution in [1.82, 2.24) is 14.5 Å². The molecule has 0 radical (unpaired) electrons. The zero-order chi connectivity index (χ0) is 20.1. The molecule has 0 bridgehead atoms. The van der Waals surface area contributed by atoms with Crippen LogP contribution in [0.5, 0.6) is 0 Å². The van der Waals surface area contributed by atoms with Crippen molar-refractivity contribution in [2.24, 2.45) is 4.99 Å². The first-order valence-corrected chi connectivity index (χ1v) is 10.8. The molecule has 1 saturated heterocycles. The van der Waals surface area contributed by atoms with Crippen LogP contribution in [0.4, 0.5) is 4.39 Å². The first-order valence-electron chi connectivity index (χ1n) is 9.89. The lowest BCUT2D eigenvalue weighted by Gasteiger charge is -2.27. The van der Waals surface area contributed by atoms with Gasteiger partial charge in [-0.25, -0.2) is 4.39 Å². The van der Waals surface area contributed by atoms with E-state index < -0.39 is 0 Å². The largest absolute Gasteiger partial charge is 0.341 e. The summed E-state index contributed by atoms with van der Waals surface area (Å²) in [7, 11) is 0. The topological polar surface area (TPSA) is 33.4 Å². The molecular weight excluding hydrogens is 383 g/mol. The number of aromatic nitrogens is 2. The van der Waals surface area contributed by atoms with Crippen LogP contribution >= 0.6 is 11.8 Å². The Balaban J connectivity index is 1.62. The van der Waals surface area contributed by atoms with Crippen molar-refractivity contribution in [2.75, 3.05) is 6.54 Å². The molecule has 148 valence electrons. The van der Waals surface area contributed by atoms with Crippen LogP contribution in [0.3, 0.4) is 0 Å².